The van der Waals surface area contributed by atoms with Crippen molar-refractivity contribution < 1.29 is 4.79 Å². The van der Waals surface area contributed by atoms with Gasteiger partial charge in [0.1, 0.15) is 0 Å². The van der Waals surface area contributed by atoms with E-state index in [0.29, 0.717) is 0 Å². The molecule has 0 aliphatic heterocycles. The van der Waals surface area contributed by atoms with Gasteiger partial charge in [0, 0.05) is 5.56 Å². The molecule has 0 radical (unpaired) electrons. The molecule has 1 aromatic rings. The van der Waals surface area contributed by atoms with Crippen molar-refractivity contribution in [2.24, 2.45) is 0 Å². The van der Waals surface area contributed by atoms with Gasteiger partial charge in [-0.05, 0) is 30.0 Å². The van der Waals surface area contributed by atoms with E-state index in [-0.39, 0.29) is 0 Å². The maximum absolute atomic E-state index is 11.1. The van der Waals surface area contributed by atoms with Gasteiger partial charge in [-0.15, -0.1) is 0 Å². The average Bonchev–Trinajstić information content (AvgIpc) is 2.28. The molecule has 0 N–H and O–H groups in total. The molecular weight excluding hydrogens is 184 g/mol. The normalized spacial score (nSPS) is 10.5. The lowest BCUT2D eigenvalue weighted by Gasteiger charge is -2.09. The Morgan fingerprint density at radius 3 is 2.53 bits per heavy atom. The van der Waals surface area contributed by atoms with Crippen LogP contribution in [0.15, 0.2) is 24.8 Å². The first kappa shape index (κ1) is 11.4. The zero-order valence-electron chi connectivity index (χ0n) is 9.29. The van der Waals surface area contributed by atoms with Crippen molar-refractivity contribution >= 4 is 18.4 Å². The second-order valence-electron chi connectivity index (χ2n) is 3.32. The van der Waals surface area contributed by atoms with Crippen molar-refractivity contribution in [3.63, 3.8) is 0 Å². The quantitative estimate of drug-likeness (QED) is 0.677. The van der Waals surface area contributed by atoms with Gasteiger partial charge in [0.15, 0.2) is 6.29 Å². The molecule has 0 atom stereocenters. The number of carbonyl (C=O) groups is 1. The topological polar surface area (TPSA) is 17.1 Å². The number of rotatable bonds is 4. The molecule has 0 fully saturated rings. The molecule has 1 aromatic carbocycles. The van der Waals surface area contributed by atoms with Crippen LogP contribution >= 0.6 is 0 Å². The summed E-state index contributed by atoms with van der Waals surface area (Å²) in [6, 6.07) is 4.00. The highest BCUT2D eigenvalue weighted by atomic mass is 16.1. The number of carbonyl (C=O) groups excluding carboxylic acids is 1. The van der Waals surface area contributed by atoms with Gasteiger partial charge >= 0.3 is 0 Å². The van der Waals surface area contributed by atoms with Gasteiger partial charge in [0.25, 0.3) is 0 Å². The van der Waals surface area contributed by atoms with Gasteiger partial charge in [-0.1, -0.05) is 43.9 Å². The van der Waals surface area contributed by atoms with Crippen molar-refractivity contribution in [2.75, 3.05) is 0 Å². The van der Waals surface area contributed by atoms with E-state index < -0.39 is 0 Å². The molecule has 0 spiro atoms. The predicted molar refractivity (Wildman–Crippen MR) is 66.0 cm³/mol. The van der Waals surface area contributed by atoms with E-state index in [1.54, 1.807) is 6.08 Å². The number of hydrogen-bond acceptors (Lipinski definition) is 1. The van der Waals surface area contributed by atoms with Crippen molar-refractivity contribution in [2.45, 2.75) is 20.3 Å². The standard InChI is InChI=1S/C14H16O/c1-4-7-13-11(5-2)8-9-12(6-3)14(13)10-15/h4-5,7-10H,2,6H2,1,3H3/b7-4-. The third-order valence-corrected chi connectivity index (χ3v) is 2.46. The fraction of sp³-hybridized carbons (Fsp3) is 0.214. The van der Waals surface area contributed by atoms with Gasteiger partial charge < -0.3 is 0 Å². The number of allylic oxidation sites excluding steroid dienone is 1. The van der Waals surface area contributed by atoms with Crippen LogP contribution in [0, 0.1) is 0 Å². The molecule has 0 aliphatic rings. The SMILES string of the molecule is C=Cc1ccc(CC)c(C=O)c1/C=C\C. The average molecular weight is 200 g/mol. The summed E-state index contributed by atoms with van der Waals surface area (Å²) in [5, 5.41) is 0. The molecule has 1 rings (SSSR count). The van der Waals surface area contributed by atoms with Crippen molar-refractivity contribution in [3.05, 3.63) is 47.0 Å². The molecule has 0 saturated heterocycles. The van der Waals surface area contributed by atoms with Gasteiger partial charge in [0.2, 0.25) is 0 Å². The Balaban J connectivity index is 3.50. The van der Waals surface area contributed by atoms with Crippen LogP contribution in [0.2, 0.25) is 0 Å². The second kappa shape index (κ2) is 5.30. The number of hydrogen-bond donors (Lipinski definition) is 0. The highest BCUT2D eigenvalue weighted by Crippen LogP contribution is 2.21. The summed E-state index contributed by atoms with van der Waals surface area (Å²) in [5.41, 5.74) is 3.85. The molecule has 1 nitrogen and oxygen atoms in total. The smallest absolute Gasteiger partial charge is 0.150 e. The van der Waals surface area contributed by atoms with E-state index in [4.69, 9.17) is 0 Å². The molecule has 0 amide bonds. The number of aldehydes is 1. The lowest BCUT2D eigenvalue weighted by Crippen LogP contribution is -1.97. The summed E-state index contributed by atoms with van der Waals surface area (Å²) in [7, 11) is 0. The van der Waals surface area contributed by atoms with Crippen LogP contribution in [-0.4, -0.2) is 6.29 Å². The van der Waals surface area contributed by atoms with Crippen LogP contribution in [0.3, 0.4) is 0 Å². The third-order valence-electron chi connectivity index (χ3n) is 2.46. The molecule has 0 aromatic heterocycles. The fourth-order valence-electron chi connectivity index (χ4n) is 1.68. The highest BCUT2D eigenvalue weighted by molar-refractivity contribution is 5.87. The van der Waals surface area contributed by atoms with E-state index in [1.807, 2.05) is 31.2 Å². The van der Waals surface area contributed by atoms with Gasteiger partial charge in [-0.3, -0.25) is 4.79 Å². The van der Waals surface area contributed by atoms with Crippen LogP contribution < -0.4 is 0 Å². The van der Waals surface area contributed by atoms with Crippen molar-refractivity contribution in [1.82, 2.24) is 0 Å². The number of aryl methyl sites for hydroxylation is 1. The summed E-state index contributed by atoms with van der Waals surface area (Å²) < 4.78 is 0. The summed E-state index contributed by atoms with van der Waals surface area (Å²) in [6.45, 7) is 7.75. The molecule has 0 bridgehead atoms. The maximum atomic E-state index is 11.1. The van der Waals surface area contributed by atoms with E-state index in [1.165, 1.54) is 0 Å². The third kappa shape index (κ3) is 2.24. The fourth-order valence-corrected chi connectivity index (χ4v) is 1.68. The summed E-state index contributed by atoms with van der Waals surface area (Å²) in [6.07, 6.45) is 7.48. The minimum Gasteiger partial charge on any atom is -0.298 e. The van der Waals surface area contributed by atoms with E-state index in [9.17, 15) is 4.79 Å². The first-order chi connectivity index (χ1) is 7.28. The Hall–Kier alpha value is -1.63. The Labute approximate surface area is 91.1 Å². The molecule has 78 valence electrons. The summed E-state index contributed by atoms with van der Waals surface area (Å²) >= 11 is 0. The molecule has 0 aliphatic carbocycles. The lowest BCUT2D eigenvalue weighted by atomic mass is 9.95. The van der Waals surface area contributed by atoms with E-state index in [2.05, 4.69) is 13.5 Å². The highest BCUT2D eigenvalue weighted by Gasteiger charge is 2.07. The van der Waals surface area contributed by atoms with Gasteiger partial charge in [-0.2, -0.15) is 0 Å². The van der Waals surface area contributed by atoms with Gasteiger partial charge in [-0.25, -0.2) is 0 Å². The largest absolute Gasteiger partial charge is 0.298 e. The molecule has 1 heteroatoms. The lowest BCUT2D eigenvalue weighted by molar-refractivity contribution is 0.112. The van der Waals surface area contributed by atoms with Crippen LogP contribution in [-0.2, 0) is 6.42 Å². The minimum atomic E-state index is 0.785. The minimum absolute atomic E-state index is 0.785. The van der Waals surface area contributed by atoms with Crippen LogP contribution in [0.1, 0.15) is 40.9 Å². The summed E-state index contributed by atoms with van der Waals surface area (Å²) in [5.74, 6) is 0. The molecule has 0 unspecified atom stereocenters. The van der Waals surface area contributed by atoms with Gasteiger partial charge in [0.05, 0.1) is 0 Å². The van der Waals surface area contributed by atoms with E-state index in [0.717, 1.165) is 35.0 Å². The Morgan fingerprint density at radius 1 is 1.33 bits per heavy atom. The first-order valence-electron chi connectivity index (χ1n) is 5.14. The van der Waals surface area contributed by atoms with Crippen molar-refractivity contribution in [1.29, 1.82) is 0 Å². The maximum Gasteiger partial charge on any atom is 0.150 e. The summed E-state index contributed by atoms with van der Waals surface area (Å²) in [4.78, 5) is 11.1. The number of benzene rings is 1. The Morgan fingerprint density at radius 2 is 2.07 bits per heavy atom. The molecule has 0 heterocycles. The zero-order valence-corrected chi connectivity index (χ0v) is 9.29. The van der Waals surface area contributed by atoms with E-state index >= 15 is 0 Å². The molecule has 15 heavy (non-hydrogen) atoms. The molecule has 0 saturated carbocycles. The van der Waals surface area contributed by atoms with Crippen LogP contribution in [0.5, 0.6) is 0 Å². The van der Waals surface area contributed by atoms with Crippen LogP contribution in [0.4, 0.5) is 0 Å². The Kier molecular flexibility index (Phi) is 4.04. The molecular formula is C14H16O. The predicted octanol–water partition coefficient (Wildman–Crippen LogP) is 3.74. The first-order valence-corrected chi connectivity index (χ1v) is 5.14. The van der Waals surface area contributed by atoms with Crippen LogP contribution in [0.25, 0.3) is 12.2 Å². The zero-order chi connectivity index (χ0) is 11.3. The monoisotopic (exact) mass is 200 g/mol. The van der Waals surface area contributed by atoms with Crippen molar-refractivity contribution in [3.8, 4) is 0 Å². The Bertz CT molecular complexity index is 400. The second-order valence-corrected chi connectivity index (χ2v) is 3.32.